The third-order valence-electron chi connectivity index (χ3n) is 4.60. The van der Waals surface area contributed by atoms with Crippen molar-refractivity contribution >= 4 is 24.2 Å². The highest BCUT2D eigenvalue weighted by molar-refractivity contribution is 5.77. The molecule has 0 unspecified atom stereocenters. The van der Waals surface area contributed by atoms with E-state index >= 15 is 0 Å². The minimum Gasteiger partial charge on any atom is -0.461 e. The number of hydrogen-bond acceptors (Lipinski definition) is 11. The molecule has 2 N–H and O–H groups in total. The lowest BCUT2D eigenvalue weighted by molar-refractivity contribution is -0.165. The molecule has 11 heteroatoms. The fraction of sp³-hybridized carbons (Fsp3) is 0.630. The number of ether oxygens (including phenoxy) is 6. The van der Waals surface area contributed by atoms with Crippen molar-refractivity contribution in [2.75, 3.05) is 19.8 Å². The fourth-order valence-electron chi connectivity index (χ4n) is 2.59. The average Bonchev–Trinajstić information content (AvgIpc) is 2.80. The van der Waals surface area contributed by atoms with Crippen LogP contribution < -0.4 is 15.2 Å². The number of nitrogens with two attached hydrogens (primary N) is 1. The quantitative estimate of drug-likeness (QED) is 0.228. The second kappa shape index (κ2) is 15.2. The van der Waals surface area contributed by atoms with Gasteiger partial charge in [0.2, 0.25) is 0 Å². The number of esters is 2. The average molecular weight is 540 g/mol. The zero-order chi connectivity index (χ0) is 29.0. The molecule has 0 aliphatic heterocycles. The number of carbonyl (C=O) groups is 4. The van der Waals surface area contributed by atoms with Gasteiger partial charge in [0.25, 0.3) is 0 Å². The number of hydrogen-bond donors (Lipinski definition) is 1. The standard InChI is InChI=1S/C27H41NO10/c1-16(2)13-34-25(31)37-21-10-9-19(12-22(21)38-26(32)35-14-17(3)4)11-20(28)23(29)33-15-18(5)36-24(30)27(6,7)8/h9-10,12,16-18,20H,11,13-15,28H2,1-8H3/t18-,20-/m0/s1. The summed E-state index contributed by atoms with van der Waals surface area (Å²) < 4.78 is 30.9. The van der Waals surface area contributed by atoms with Gasteiger partial charge in [0.05, 0.1) is 18.6 Å². The summed E-state index contributed by atoms with van der Waals surface area (Å²) in [7, 11) is 0. The smallest absolute Gasteiger partial charge is 0.461 e. The van der Waals surface area contributed by atoms with Crippen molar-refractivity contribution in [3.05, 3.63) is 23.8 Å². The maximum Gasteiger partial charge on any atom is 0.513 e. The van der Waals surface area contributed by atoms with Crippen LogP contribution in [0.25, 0.3) is 0 Å². The second-order valence-electron chi connectivity index (χ2n) is 10.8. The van der Waals surface area contributed by atoms with Gasteiger partial charge in [-0.15, -0.1) is 0 Å². The van der Waals surface area contributed by atoms with Crippen molar-refractivity contribution in [2.45, 2.75) is 74.0 Å². The maximum absolute atomic E-state index is 12.4. The largest absolute Gasteiger partial charge is 0.513 e. The topological polar surface area (TPSA) is 150 Å². The highest BCUT2D eigenvalue weighted by Crippen LogP contribution is 2.30. The Morgan fingerprint density at radius 3 is 1.82 bits per heavy atom. The monoisotopic (exact) mass is 539 g/mol. The Balaban J connectivity index is 2.88. The molecule has 0 aliphatic rings. The number of rotatable bonds is 12. The first kappa shape index (κ1) is 32.7. The molecule has 1 rings (SSSR count). The molecular formula is C27H41NO10. The number of benzene rings is 1. The summed E-state index contributed by atoms with van der Waals surface area (Å²) in [5, 5.41) is 0. The molecule has 11 nitrogen and oxygen atoms in total. The molecule has 0 heterocycles. The lowest BCUT2D eigenvalue weighted by atomic mass is 9.97. The summed E-state index contributed by atoms with van der Waals surface area (Å²) in [5.41, 5.74) is 5.82. The van der Waals surface area contributed by atoms with E-state index in [1.165, 1.54) is 12.1 Å². The number of carbonyl (C=O) groups excluding carboxylic acids is 4. The van der Waals surface area contributed by atoms with Crippen molar-refractivity contribution in [3.63, 3.8) is 0 Å². The second-order valence-corrected chi connectivity index (χ2v) is 10.8. The van der Waals surface area contributed by atoms with Gasteiger partial charge in [0.15, 0.2) is 11.5 Å². The molecule has 214 valence electrons. The minimum atomic E-state index is -1.07. The molecule has 1 aromatic rings. The lowest BCUT2D eigenvalue weighted by Crippen LogP contribution is -2.37. The van der Waals surface area contributed by atoms with Crippen molar-refractivity contribution in [1.82, 2.24) is 0 Å². The summed E-state index contributed by atoms with van der Waals surface area (Å²) in [5.74, 6) is -1.13. The van der Waals surface area contributed by atoms with Crippen LogP contribution in [-0.4, -0.2) is 56.2 Å². The van der Waals surface area contributed by atoms with E-state index in [2.05, 4.69) is 0 Å². The van der Waals surface area contributed by atoms with Crippen LogP contribution in [0, 0.1) is 17.3 Å². The summed E-state index contributed by atoms with van der Waals surface area (Å²) in [4.78, 5) is 48.6. The minimum absolute atomic E-state index is 0.0183. The SMILES string of the molecule is CC(C)COC(=O)Oc1ccc(C[C@H](N)C(=O)OC[C@H](C)OC(=O)C(C)(C)C)cc1OC(=O)OCC(C)C. The molecule has 0 amide bonds. The van der Waals surface area contributed by atoms with Crippen LogP contribution in [0.5, 0.6) is 11.5 Å². The van der Waals surface area contributed by atoms with Gasteiger partial charge < -0.3 is 34.2 Å². The Bertz CT molecular complexity index is 952. The Hall–Kier alpha value is -3.34. The molecule has 0 aliphatic carbocycles. The molecular weight excluding hydrogens is 498 g/mol. The van der Waals surface area contributed by atoms with Crippen molar-refractivity contribution < 1.29 is 47.6 Å². The van der Waals surface area contributed by atoms with Gasteiger partial charge in [-0.2, -0.15) is 0 Å². The van der Waals surface area contributed by atoms with Gasteiger partial charge in [-0.1, -0.05) is 33.8 Å². The highest BCUT2D eigenvalue weighted by Gasteiger charge is 2.26. The van der Waals surface area contributed by atoms with E-state index in [9.17, 15) is 19.2 Å². The van der Waals surface area contributed by atoms with Gasteiger partial charge in [-0.25, -0.2) is 9.59 Å². The van der Waals surface area contributed by atoms with E-state index in [1.807, 2.05) is 27.7 Å². The molecule has 38 heavy (non-hydrogen) atoms. The van der Waals surface area contributed by atoms with Crippen LogP contribution in [0.15, 0.2) is 18.2 Å². The van der Waals surface area contributed by atoms with Crippen LogP contribution in [0.1, 0.15) is 61.0 Å². The van der Waals surface area contributed by atoms with Gasteiger partial charge in [0, 0.05) is 0 Å². The van der Waals surface area contributed by atoms with E-state index in [0.717, 1.165) is 0 Å². The summed E-state index contributed by atoms with van der Waals surface area (Å²) in [6, 6.07) is 3.29. The Kier molecular flexibility index (Phi) is 13.0. The van der Waals surface area contributed by atoms with Crippen LogP contribution in [-0.2, 0) is 35.0 Å². The van der Waals surface area contributed by atoms with Crippen molar-refractivity contribution in [2.24, 2.45) is 23.0 Å². The van der Waals surface area contributed by atoms with Crippen LogP contribution in [0.3, 0.4) is 0 Å². The predicted molar refractivity (Wildman–Crippen MR) is 138 cm³/mol. The van der Waals surface area contributed by atoms with E-state index in [1.54, 1.807) is 33.8 Å². The summed E-state index contributed by atoms with van der Waals surface area (Å²) in [6.45, 7) is 14.4. The predicted octanol–water partition coefficient (Wildman–Crippen LogP) is 4.42. The molecule has 2 atom stereocenters. The lowest BCUT2D eigenvalue weighted by Gasteiger charge is -2.21. The molecule has 0 saturated heterocycles. The Morgan fingerprint density at radius 1 is 0.789 bits per heavy atom. The first-order valence-corrected chi connectivity index (χ1v) is 12.5. The molecule has 0 saturated carbocycles. The van der Waals surface area contributed by atoms with Gasteiger partial charge >= 0.3 is 24.2 Å². The Labute approximate surface area is 224 Å². The molecule has 0 aromatic heterocycles. The molecule has 0 fully saturated rings. The van der Waals surface area contributed by atoms with Gasteiger partial charge in [0.1, 0.15) is 18.8 Å². The Morgan fingerprint density at radius 2 is 1.32 bits per heavy atom. The zero-order valence-electron chi connectivity index (χ0n) is 23.5. The first-order valence-electron chi connectivity index (χ1n) is 12.5. The van der Waals surface area contributed by atoms with Gasteiger partial charge in [-0.05, 0) is 63.6 Å². The van der Waals surface area contributed by atoms with Gasteiger partial charge in [-0.3, -0.25) is 9.59 Å². The third kappa shape index (κ3) is 12.8. The fourth-order valence-corrected chi connectivity index (χ4v) is 2.59. The molecule has 1 aromatic carbocycles. The van der Waals surface area contributed by atoms with Crippen LogP contribution in [0.2, 0.25) is 0 Å². The molecule has 0 radical (unpaired) electrons. The summed E-state index contributed by atoms with van der Waals surface area (Å²) in [6.07, 6.45) is -2.58. The van der Waals surface area contributed by atoms with Crippen LogP contribution in [0.4, 0.5) is 9.59 Å². The van der Waals surface area contributed by atoms with Crippen LogP contribution >= 0.6 is 0 Å². The van der Waals surface area contributed by atoms with E-state index in [0.29, 0.717) is 5.56 Å². The summed E-state index contributed by atoms with van der Waals surface area (Å²) >= 11 is 0. The van der Waals surface area contributed by atoms with E-state index in [4.69, 9.17) is 34.2 Å². The third-order valence-corrected chi connectivity index (χ3v) is 4.60. The molecule has 0 bridgehead atoms. The highest BCUT2D eigenvalue weighted by atomic mass is 16.7. The first-order chi connectivity index (χ1) is 17.6. The maximum atomic E-state index is 12.4. The molecule has 0 spiro atoms. The van der Waals surface area contributed by atoms with E-state index in [-0.39, 0.29) is 49.6 Å². The normalized spacial score (nSPS) is 12.9. The van der Waals surface area contributed by atoms with Crippen molar-refractivity contribution in [3.8, 4) is 11.5 Å². The zero-order valence-corrected chi connectivity index (χ0v) is 23.5. The van der Waals surface area contributed by atoms with E-state index < -0.39 is 41.8 Å². The van der Waals surface area contributed by atoms with Crippen molar-refractivity contribution in [1.29, 1.82) is 0 Å².